The lowest BCUT2D eigenvalue weighted by Crippen LogP contribution is -2.25. The van der Waals surface area contributed by atoms with Gasteiger partial charge < -0.3 is 14.8 Å². The van der Waals surface area contributed by atoms with Gasteiger partial charge in [-0.2, -0.15) is 0 Å². The molecule has 0 aliphatic heterocycles. The van der Waals surface area contributed by atoms with Crippen molar-refractivity contribution in [1.82, 2.24) is 5.32 Å². The van der Waals surface area contributed by atoms with Crippen LogP contribution < -0.4 is 14.8 Å². The minimum Gasteiger partial charge on any atom is -0.493 e. The van der Waals surface area contributed by atoms with Crippen molar-refractivity contribution < 1.29 is 19.1 Å². The van der Waals surface area contributed by atoms with Gasteiger partial charge in [0.05, 0.1) is 14.2 Å². The maximum absolute atomic E-state index is 12.0. The van der Waals surface area contributed by atoms with E-state index in [1.54, 1.807) is 26.4 Å². The van der Waals surface area contributed by atoms with Gasteiger partial charge in [0.15, 0.2) is 17.3 Å². The Morgan fingerprint density at radius 1 is 0.923 bits per heavy atom. The summed E-state index contributed by atoms with van der Waals surface area (Å²) in [6, 6.07) is 14.9. The number of benzene rings is 2. The number of nitrogens with one attached hydrogen (secondary N) is 1. The summed E-state index contributed by atoms with van der Waals surface area (Å²) in [5, 5.41) is 2.89. The topological polar surface area (TPSA) is 64.6 Å². The average molecular weight is 355 g/mol. The lowest BCUT2D eigenvalue weighted by atomic mass is 10.1. The summed E-state index contributed by atoms with van der Waals surface area (Å²) in [5.41, 5.74) is 1.75. The van der Waals surface area contributed by atoms with Crippen LogP contribution in [0.3, 0.4) is 0 Å². The van der Waals surface area contributed by atoms with Gasteiger partial charge >= 0.3 is 0 Å². The van der Waals surface area contributed by atoms with Gasteiger partial charge in [-0.1, -0.05) is 36.4 Å². The summed E-state index contributed by atoms with van der Waals surface area (Å²) in [4.78, 5) is 23.9. The third-order valence-corrected chi connectivity index (χ3v) is 4.09. The van der Waals surface area contributed by atoms with Gasteiger partial charge in [0.2, 0.25) is 5.91 Å². The smallest absolute Gasteiger partial charge is 0.220 e. The molecule has 2 aromatic rings. The number of ether oxygens (including phenoxy) is 2. The van der Waals surface area contributed by atoms with Gasteiger partial charge in [0.1, 0.15) is 0 Å². The SMILES string of the molecule is COc1ccc(CCNC(=O)CCCC(=O)c2ccccc2)cc1OC. The lowest BCUT2D eigenvalue weighted by Gasteiger charge is -2.10. The van der Waals surface area contributed by atoms with E-state index in [1.165, 1.54) is 0 Å². The highest BCUT2D eigenvalue weighted by Crippen LogP contribution is 2.27. The summed E-state index contributed by atoms with van der Waals surface area (Å²) in [6.07, 6.45) is 1.99. The van der Waals surface area contributed by atoms with Gasteiger partial charge in [-0.3, -0.25) is 9.59 Å². The van der Waals surface area contributed by atoms with E-state index in [4.69, 9.17) is 9.47 Å². The molecule has 1 amide bonds. The Morgan fingerprint density at radius 3 is 2.35 bits per heavy atom. The van der Waals surface area contributed by atoms with Crippen LogP contribution in [-0.4, -0.2) is 32.5 Å². The summed E-state index contributed by atoms with van der Waals surface area (Å²) in [6.45, 7) is 0.543. The lowest BCUT2D eigenvalue weighted by molar-refractivity contribution is -0.121. The predicted molar refractivity (Wildman–Crippen MR) is 101 cm³/mol. The molecule has 0 atom stereocenters. The van der Waals surface area contributed by atoms with Crippen molar-refractivity contribution >= 4 is 11.7 Å². The second-order valence-electron chi connectivity index (χ2n) is 5.93. The molecule has 0 fully saturated rings. The van der Waals surface area contributed by atoms with Crippen LogP contribution in [0.2, 0.25) is 0 Å². The van der Waals surface area contributed by atoms with Crippen LogP contribution in [0.1, 0.15) is 35.2 Å². The van der Waals surface area contributed by atoms with Gasteiger partial charge in [-0.25, -0.2) is 0 Å². The van der Waals surface area contributed by atoms with Gasteiger partial charge in [-0.05, 0) is 30.5 Å². The Morgan fingerprint density at radius 2 is 1.65 bits per heavy atom. The highest BCUT2D eigenvalue weighted by Gasteiger charge is 2.08. The van der Waals surface area contributed by atoms with Crippen LogP contribution in [0.4, 0.5) is 0 Å². The van der Waals surface area contributed by atoms with Gasteiger partial charge in [-0.15, -0.1) is 0 Å². The van der Waals surface area contributed by atoms with Crippen LogP contribution in [0, 0.1) is 0 Å². The van der Waals surface area contributed by atoms with Crippen LogP contribution in [0.5, 0.6) is 11.5 Å². The fourth-order valence-corrected chi connectivity index (χ4v) is 2.65. The number of carbonyl (C=O) groups is 2. The number of hydrogen-bond donors (Lipinski definition) is 1. The number of ketones is 1. The quantitative estimate of drug-likeness (QED) is 0.663. The number of rotatable bonds is 10. The number of carbonyl (C=O) groups excluding carboxylic acids is 2. The molecule has 1 N–H and O–H groups in total. The van der Waals surface area contributed by atoms with Crippen molar-refractivity contribution in [2.45, 2.75) is 25.7 Å². The van der Waals surface area contributed by atoms with Crippen molar-refractivity contribution in [3.05, 3.63) is 59.7 Å². The number of methoxy groups -OCH3 is 2. The molecular weight excluding hydrogens is 330 g/mol. The minimum atomic E-state index is -0.0358. The molecule has 0 saturated carbocycles. The highest BCUT2D eigenvalue weighted by molar-refractivity contribution is 5.96. The zero-order valence-electron chi connectivity index (χ0n) is 15.3. The largest absolute Gasteiger partial charge is 0.493 e. The molecule has 0 saturated heterocycles. The monoisotopic (exact) mass is 355 g/mol. The molecule has 0 bridgehead atoms. The highest BCUT2D eigenvalue weighted by atomic mass is 16.5. The molecule has 0 spiro atoms. The van der Waals surface area contributed by atoms with E-state index >= 15 is 0 Å². The van der Waals surface area contributed by atoms with Crippen LogP contribution >= 0.6 is 0 Å². The molecule has 26 heavy (non-hydrogen) atoms. The van der Waals surface area contributed by atoms with E-state index in [2.05, 4.69) is 5.32 Å². The first-order chi connectivity index (χ1) is 12.6. The second-order valence-corrected chi connectivity index (χ2v) is 5.93. The molecule has 2 aromatic carbocycles. The molecule has 0 aromatic heterocycles. The van der Waals surface area contributed by atoms with E-state index in [0.29, 0.717) is 49.3 Å². The second kappa shape index (κ2) is 10.2. The van der Waals surface area contributed by atoms with Crippen LogP contribution in [0.15, 0.2) is 48.5 Å². The number of Topliss-reactive ketones (excluding diaryl/α,β-unsaturated/α-hetero) is 1. The molecule has 2 rings (SSSR count). The van der Waals surface area contributed by atoms with E-state index < -0.39 is 0 Å². The predicted octanol–water partition coefficient (Wildman–Crippen LogP) is 3.42. The Hall–Kier alpha value is -2.82. The molecular formula is C21H25NO4. The molecule has 0 heterocycles. The summed E-state index contributed by atoms with van der Waals surface area (Å²) in [7, 11) is 3.19. The Bertz CT molecular complexity index is 728. The average Bonchev–Trinajstić information content (AvgIpc) is 2.68. The molecule has 5 nitrogen and oxygen atoms in total. The van der Waals surface area contributed by atoms with Crippen molar-refractivity contribution in [2.24, 2.45) is 0 Å². The van der Waals surface area contributed by atoms with Gasteiger partial charge in [0.25, 0.3) is 0 Å². The maximum atomic E-state index is 12.0. The van der Waals surface area contributed by atoms with Gasteiger partial charge in [0, 0.05) is 24.9 Å². The summed E-state index contributed by atoms with van der Waals surface area (Å²) < 4.78 is 10.5. The first kappa shape index (κ1) is 19.5. The van der Waals surface area contributed by atoms with Crippen LogP contribution in [-0.2, 0) is 11.2 Å². The number of amides is 1. The summed E-state index contributed by atoms with van der Waals surface area (Å²) in [5.74, 6) is 1.40. The molecule has 0 aliphatic carbocycles. The maximum Gasteiger partial charge on any atom is 0.220 e. The normalized spacial score (nSPS) is 10.2. The standard InChI is InChI=1S/C21H25NO4/c1-25-19-12-11-16(15-20(19)26-2)13-14-22-21(24)10-6-9-18(23)17-7-4-3-5-8-17/h3-5,7-8,11-12,15H,6,9-10,13-14H2,1-2H3,(H,22,24). The van der Waals surface area contributed by atoms with Crippen molar-refractivity contribution in [2.75, 3.05) is 20.8 Å². The fourth-order valence-electron chi connectivity index (χ4n) is 2.65. The third-order valence-electron chi connectivity index (χ3n) is 4.09. The Kier molecular flexibility index (Phi) is 7.68. The fraction of sp³-hybridized carbons (Fsp3) is 0.333. The zero-order chi connectivity index (χ0) is 18.8. The molecule has 5 heteroatoms. The Balaban J connectivity index is 1.68. The Labute approximate surface area is 154 Å². The van der Waals surface area contributed by atoms with E-state index in [1.807, 2.05) is 36.4 Å². The van der Waals surface area contributed by atoms with Crippen molar-refractivity contribution in [1.29, 1.82) is 0 Å². The third kappa shape index (κ3) is 5.92. The molecule has 0 unspecified atom stereocenters. The first-order valence-electron chi connectivity index (χ1n) is 8.70. The van der Waals surface area contributed by atoms with Crippen molar-refractivity contribution in [3.8, 4) is 11.5 Å². The van der Waals surface area contributed by atoms with E-state index in [-0.39, 0.29) is 11.7 Å². The zero-order valence-corrected chi connectivity index (χ0v) is 15.3. The minimum absolute atomic E-state index is 0.0358. The van der Waals surface area contributed by atoms with Crippen LogP contribution in [0.25, 0.3) is 0 Å². The van der Waals surface area contributed by atoms with Crippen molar-refractivity contribution in [3.63, 3.8) is 0 Å². The summed E-state index contributed by atoms with van der Waals surface area (Å²) >= 11 is 0. The molecule has 0 radical (unpaired) electrons. The van der Waals surface area contributed by atoms with E-state index in [9.17, 15) is 9.59 Å². The number of hydrogen-bond acceptors (Lipinski definition) is 4. The molecule has 138 valence electrons. The molecule has 0 aliphatic rings. The first-order valence-corrected chi connectivity index (χ1v) is 8.70. The van der Waals surface area contributed by atoms with E-state index in [0.717, 1.165) is 5.56 Å².